The lowest BCUT2D eigenvalue weighted by Gasteiger charge is -2.06. The van der Waals surface area contributed by atoms with E-state index in [9.17, 15) is 22.0 Å². The van der Waals surface area contributed by atoms with Crippen molar-refractivity contribution < 1.29 is 22.0 Å². The molecule has 2 aromatic rings. The number of hydrogen-bond acceptors (Lipinski definition) is 0. The molecule has 0 nitrogen and oxygen atoms in total. The molecule has 24 heavy (non-hydrogen) atoms. The van der Waals surface area contributed by atoms with Crippen LogP contribution in [0.25, 0.3) is 0 Å². The Balaban J connectivity index is 0.000000390. The number of hydrogen-bond donors (Lipinski definition) is 0. The SMILES string of the molecule is CCC.Cc1cccc(C)c1C.Fc1cccc(C(F)(F)F)c1F. The topological polar surface area (TPSA) is 0 Å². The molecule has 0 spiro atoms. The molecule has 0 aliphatic rings. The van der Waals surface area contributed by atoms with Gasteiger partial charge in [0.2, 0.25) is 0 Å². The first-order valence-corrected chi connectivity index (χ1v) is 7.60. The van der Waals surface area contributed by atoms with E-state index in [0.717, 1.165) is 6.07 Å². The highest BCUT2D eigenvalue weighted by molar-refractivity contribution is 5.31. The average molecular weight is 346 g/mol. The van der Waals surface area contributed by atoms with Gasteiger partial charge in [0.25, 0.3) is 0 Å². The highest BCUT2D eigenvalue weighted by Gasteiger charge is 2.34. The van der Waals surface area contributed by atoms with Crippen molar-refractivity contribution >= 4 is 0 Å². The summed E-state index contributed by atoms with van der Waals surface area (Å²) in [4.78, 5) is 0. The molecule has 5 heteroatoms. The van der Waals surface area contributed by atoms with Crippen molar-refractivity contribution in [2.24, 2.45) is 0 Å². The Morgan fingerprint density at radius 3 is 1.54 bits per heavy atom. The molecule has 0 aliphatic heterocycles. The number of rotatable bonds is 0. The average Bonchev–Trinajstić information content (AvgIpc) is 2.48. The molecule has 134 valence electrons. The minimum absolute atomic E-state index is 0.485. The van der Waals surface area contributed by atoms with E-state index in [4.69, 9.17) is 0 Å². The zero-order chi connectivity index (χ0) is 18.9. The number of alkyl halides is 3. The maximum atomic E-state index is 12.4. The summed E-state index contributed by atoms with van der Waals surface area (Å²) in [5.41, 5.74) is 2.60. The van der Waals surface area contributed by atoms with E-state index >= 15 is 0 Å². The summed E-state index contributed by atoms with van der Waals surface area (Å²) in [6.07, 6.45) is -3.59. The van der Waals surface area contributed by atoms with Gasteiger partial charge in [-0.2, -0.15) is 13.2 Å². The Morgan fingerprint density at radius 2 is 1.21 bits per heavy atom. The Labute approximate surface area is 140 Å². The third kappa shape index (κ3) is 7.11. The minimum Gasteiger partial charge on any atom is -0.204 e. The van der Waals surface area contributed by atoms with Crippen LogP contribution in [0.3, 0.4) is 0 Å². The van der Waals surface area contributed by atoms with Crippen LogP contribution in [0.5, 0.6) is 0 Å². The molecule has 0 atom stereocenters. The standard InChI is InChI=1S/C9H12.C7H3F5.C3H8/c1-7-5-4-6-8(2)9(7)3;8-5-3-1-2-4(6(5)9)7(10,11)12;1-3-2/h4-6H,1-3H3;1-3H;3H2,1-2H3. The number of benzene rings is 2. The first-order chi connectivity index (χ1) is 11.1. The lowest BCUT2D eigenvalue weighted by molar-refractivity contribution is -0.140. The zero-order valence-electron chi connectivity index (χ0n) is 14.6. The third-order valence-electron chi connectivity index (χ3n) is 3.13. The first kappa shape index (κ1) is 22.1. The monoisotopic (exact) mass is 346 g/mol. The molecule has 0 N–H and O–H groups in total. The second kappa shape index (κ2) is 10.1. The largest absolute Gasteiger partial charge is 0.419 e. The van der Waals surface area contributed by atoms with E-state index in [-0.39, 0.29) is 0 Å². The van der Waals surface area contributed by atoms with Crippen molar-refractivity contribution in [3.63, 3.8) is 0 Å². The fourth-order valence-corrected chi connectivity index (χ4v) is 1.62. The Kier molecular flexibility index (Phi) is 9.26. The van der Waals surface area contributed by atoms with E-state index in [1.165, 1.54) is 23.1 Å². The summed E-state index contributed by atoms with van der Waals surface area (Å²) in [5, 5.41) is 0. The second-order valence-corrected chi connectivity index (χ2v) is 5.32. The van der Waals surface area contributed by atoms with Crippen molar-refractivity contribution in [1.82, 2.24) is 0 Å². The molecule has 0 aromatic heterocycles. The molecule has 0 saturated heterocycles. The van der Waals surface area contributed by atoms with Crippen LogP contribution >= 0.6 is 0 Å². The Bertz CT molecular complexity index is 610. The Hall–Kier alpha value is -1.91. The van der Waals surface area contributed by atoms with Crippen molar-refractivity contribution in [2.45, 2.75) is 47.2 Å². The second-order valence-electron chi connectivity index (χ2n) is 5.32. The summed E-state index contributed by atoms with van der Waals surface area (Å²) in [6, 6.07) is 8.30. The summed E-state index contributed by atoms with van der Waals surface area (Å²) in [7, 11) is 0. The molecule has 0 radical (unpaired) electrons. The Morgan fingerprint density at radius 1 is 0.792 bits per heavy atom. The summed E-state index contributed by atoms with van der Waals surface area (Å²) >= 11 is 0. The third-order valence-corrected chi connectivity index (χ3v) is 3.13. The van der Waals surface area contributed by atoms with Crippen molar-refractivity contribution in [3.05, 3.63) is 70.3 Å². The van der Waals surface area contributed by atoms with Gasteiger partial charge in [0.1, 0.15) is 0 Å². The van der Waals surface area contributed by atoms with Gasteiger partial charge in [0, 0.05) is 0 Å². The van der Waals surface area contributed by atoms with E-state index < -0.39 is 23.4 Å². The van der Waals surface area contributed by atoms with Gasteiger partial charge in [0.05, 0.1) is 5.56 Å². The van der Waals surface area contributed by atoms with Crippen LogP contribution in [-0.4, -0.2) is 0 Å². The zero-order valence-corrected chi connectivity index (χ0v) is 14.6. The van der Waals surface area contributed by atoms with E-state index in [2.05, 4.69) is 52.8 Å². The molecule has 0 fully saturated rings. The van der Waals surface area contributed by atoms with E-state index in [0.29, 0.717) is 12.1 Å². The molecular formula is C19H23F5. The highest BCUT2D eigenvalue weighted by atomic mass is 19.4. The van der Waals surface area contributed by atoms with E-state index in [1.54, 1.807) is 0 Å². The summed E-state index contributed by atoms with van der Waals surface area (Å²) in [5.74, 6) is -3.35. The lowest BCUT2D eigenvalue weighted by Crippen LogP contribution is -2.08. The molecule has 0 saturated carbocycles. The van der Waals surface area contributed by atoms with Gasteiger partial charge in [-0.3, -0.25) is 0 Å². The van der Waals surface area contributed by atoms with Crippen LogP contribution < -0.4 is 0 Å². The quantitative estimate of drug-likeness (QED) is 0.450. The predicted octanol–water partition coefficient (Wildman–Crippen LogP) is 7.01. The minimum atomic E-state index is -4.84. The molecule has 0 amide bonds. The fraction of sp³-hybridized carbons (Fsp3) is 0.368. The van der Waals surface area contributed by atoms with Gasteiger partial charge in [0.15, 0.2) is 11.6 Å². The van der Waals surface area contributed by atoms with E-state index in [1.807, 2.05) is 0 Å². The van der Waals surface area contributed by atoms with Gasteiger partial charge < -0.3 is 0 Å². The lowest BCUT2D eigenvalue weighted by atomic mass is 10.1. The van der Waals surface area contributed by atoms with Gasteiger partial charge in [-0.05, 0) is 49.6 Å². The van der Waals surface area contributed by atoms with Crippen molar-refractivity contribution in [1.29, 1.82) is 0 Å². The highest BCUT2D eigenvalue weighted by Crippen LogP contribution is 2.31. The van der Waals surface area contributed by atoms with Gasteiger partial charge >= 0.3 is 6.18 Å². The maximum absolute atomic E-state index is 12.4. The van der Waals surface area contributed by atoms with Gasteiger partial charge in [-0.15, -0.1) is 0 Å². The number of aryl methyl sites for hydroxylation is 2. The smallest absolute Gasteiger partial charge is 0.204 e. The van der Waals surface area contributed by atoms with Crippen LogP contribution in [0.15, 0.2) is 36.4 Å². The summed E-state index contributed by atoms with van der Waals surface area (Å²) < 4.78 is 60.1. The van der Waals surface area contributed by atoms with Crippen LogP contribution in [0, 0.1) is 32.4 Å². The molecule has 0 unspecified atom stereocenters. The molecule has 0 aliphatic carbocycles. The summed E-state index contributed by atoms with van der Waals surface area (Å²) in [6.45, 7) is 10.7. The fourth-order valence-electron chi connectivity index (χ4n) is 1.62. The normalized spacial score (nSPS) is 10.2. The predicted molar refractivity (Wildman–Crippen MR) is 88.0 cm³/mol. The van der Waals surface area contributed by atoms with Crippen LogP contribution in [0.1, 0.15) is 42.5 Å². The maximum Gasteiger partial charge on any atom is 0.419 e. The van der Waals surface area contributed by atoms with Gasteiger partial charge in [-0.1, -0.05) is 44.5 Å². The number of halogens is 5. The van der Waals surface area contributed by atoms with Crippen LogP contribution in [-0.2, 0) is 6.18 Å². The van der Waals surface area contributed by atoms with Crippen LogP contribution in [0.4, 0.5) is 22.0 Å². The van der Waals surface area contributed by atoms with Crippen molar-refractivity contribution in [2.75, 3.05) is 0 Å². The van der Waals surface area contributed by atoms with Crippen LogP contribution in [0.2, 0.25) is 0 Å². The van der Waals surface area contributed by atoms with Crippen molar-refractivity contribution in [3.8, 4) is 0 Å². The molecule has 2 rings (SSSR count). The molecule has 0 heterocycles. The molecule has 0 bridgehead atoms. The van der Waals surface area contributed by atoms with Gasteiger partial charge in [-0.25, -0.2) is 8.78 Å². The first-order valence-electron chi connectivity index (χ1n) is 7.60. The molecule has 2 aromatic carbocycles. The molecular weight excluding hydrogens is 323 g/mol.